The molecule has 0 radical (unpaired) electrons. The van der Waals surface area contributed by atoms with Crippen LogP contribution in [0, 0.1) is 6.92 Å². The fourth-order valence-corrected chi connectivity index (χ4v) is 2.73. The standard InChI is InChI=1S/C18H32N2/c1-6-7-8-11-20(14(2)3)18-10-9-17(12-15(18)4)13-16(5)19/h9-10,12,14,16H,6-8,11,13,19H2,1-5H3. The van der Waals surface area contributed by atoms with Crippen LogP contribution in [-0.2, 0) is 6.42 Å². The van der Waals surface area contributed by atoms with E-state index in [9.17, 15) is 0 Å². The predicted octanol–water partition coefficient (Wildman–Crippen LogP) is 4.29. The van der Waals surface area contributed by atoms with E-state index in [1.807, 2.05) is 0 Å². The van der Waals surface area contributed by atoms with Crippen molar-refractivity contribution in [1.82, 2.24) is 0 Å². The Kier molecular flexibility index (Phi) is 7.08. The van der Waals surface area contributed by atoms with Gasteiger partial charge in [0.2, 0.25) is 0 Å². The molecular formula is C18H32N2. The molecule has 0 bridgehead atoms. The molecule has 0 saturated heterocycles. The summed E-state index contributed by atoms with van der Waals surface area (Å²) >= 11 is 0. The second-order valence-corrected chi connectivity index (χ2v) is 6.30. The lowest BCUT2D eigenvalue weighted by Crippen LogP contribution is -2.32. The fraction of sp³-hybridized carbons (Fsp3) is 0.667. The summed E-state index contributed by atoms with van der Waals surface area (Å²) in [6, 6.07) is 7.59. The highest BCUT2D eigenvalue weighted by Gasteiger charge is 2.13. The molecule has 114 valence electrons. The largest absolute Gasteiger partial charge is 0.369 e. The number of rotatable bonds is 8. The molecule has 0 spiro atoms. The minimum atomic E-state index is 0.228. The molecule has 2 N–H and O–H groups in total. The molecule has 2 nitrogen and oxygen atoms in total. The van der Waals surface area contributed by atoms with E-state index >= 15 is 0 Å². The van der Waals surface area contributed by atoms with Crippen LogP contribution in [-0.4, -0.2) is 18.6 Å². The summed E-state index contributed by atoms with van der Waals surface area (Å²) in [5.41, 5.74) is 9.99. The highest BCUT2D eigenvalue weighted by Crippen LogP contribution is 2.24. The first-order chi connectivity index (χ1) is 9.45. The lowest BCUT2D eigenvalue weighted by molar-refractivity contribution is 0.624. The maximum atomic E-state index is 5.89. The molecule has 1 atom stereocenters. The maximum absolute atomic E-state index is 5.89. The van der Waals surface area contributed by atoms with Gasteiger partial charge in [0, 0.05) is 24.3 Å². The summed E-state index contributed by atoms with van der Waals surface area (Å²) in [6.07, 6.45) is 4.82. The predicted molar refractivity (Wildman–Crippen MR) is 90.5 cm³/mol. The van der Waals surface area contributed by atoms with Crippen molar-refractivity contribution in [2.45, 2.75) is 72.4 Å². The zero-order valence-corrected chi connectivity index (χ0v) is 13.9. The van der Waals surface area contributed by atoms with Crippen LogP contribution in [0.25, 0.3) is 0 Å². The van der Waals surface area contributed by atoms with E-state index in [0.29, 0.717) is 6.04 Å². The highest BCUT2D eigenvalue weighted by molar-refractivity contribution is 5.55. The van der Waals surface area contributed by atoms with Gasteiger partial charge in [-0.1, -0.05) is 31.9 Å². The molecule has 2 heteroatoms. The van der Waals surface area contributed by atoms with E-state index < -0.39 is 0 Å². The van der Waals surface area contributed by atoms with Gasteiger partial charge in [-0.3, -0.25) is 0 Å². The Morgan fingerprint density at radius 1 is 1.15 bits per heavy atom. The smallest absolute Gasteiger partial charge is 0.0398 e. The lowest BCUT2D eigenvalue weighted by atomic mass is 10.0. The van der Waals surface area contributed by atoms with Gasteiger partial charge in [-0.25, -0.2) is 0 Å². The molecule has 1 rings (SSSR count). The van der Waals surface area contributed by atoms with Crippen molar-refractivity contribution in [2.75, 3.05) is 11.4 Å². The first-order valence-corrected chi connectivity index (χ1v) is 8.07. The molecule has 1 unspecified atom stereocenters. The van der Waals surface area contributed by atoms with Gasteiger partial charge >= 0.3 is 0 Å². The van der Waals surface area contributed by atoms with Gasteiger partial charge in [0.25, 0.3) is 0 Å². The van der Waals surface area contributed by atoms with Crippen LogP contribution in [0.5, 0.6) is 0 Å². The first-order valence-electron chi connectivity index (χ1n) is 8.07. The number of hydrogen-bond donors (Lipinski definition) is 1. The van der Waals surface area contributed by atoms with E-state index in [4.69, 9.17) is 5.73 Å². The zero-order valence-electron chi connectivity index (χ0n) is 13.9. The molecular weight excluding hydrogens is 244 g/mol. The summed E-state index contributed by atoms with van der Waals surface area (Å²) in [6.45, 7) is 12.2. The molecule has 0 aromatic heterocycles. The van der Waals surface area contributed by atoms with Gasteiger partial charge in [-0.2, -0.15) is 0 Å². The minimum absolute atomic E-state index is 0.228. The number of unbranched alkanes of at least 4 members (excludes halogenated alkanes) is 2. The van der Waals surface area contributed by atoms with Crippen molar-refractivity contribution in [3.63, 3.8) is 0 Å². The molecule has 0 aliphatic rings. The maximum Gasteiger partial charge on any atom is 0.0398 e. The van der Waals surface area contributed by atoms with Gasteiger partial charge in [-0.05, 0) is 57.7 Å². The Hall–Kier alpha value is -1.02. The summed E-state index contributed by atoms with van der Waals surface area (Å²) in [5.74, 6) is 0. The first kappa shape index (κ1) is 17.0. The van der Waals surface area contributed by atoms with Crippen molar-refractivity contribution in [2.24, 2.45) is 5.73 Å². The quantitative estimate of drug-likeness (QED) is 0.718. The summed E-state index contributed by atoms with van der Waals surface area (Å²) in [5, 5.41) is 0. The molecule has 0 amide bonds. The fourth-order valence-electron chi connectivity index (χ4n) is 2.73. The molecule has 20 heavy (non-hydrogen) atoms. The van der Waals surface area contributed by atoms with E-state index in [1.165, 1.54) is 36.1 Å². The van der Waals surface area contributed by atoms with E-state index in [0.717, 1.165) is 13.0 Å². The van der Waals surface area contributed by atoms with Gasteiger partial charge in [0.15, 0.2) is 0 Å². The van der Waals surface area contributed by atoms with Crippen molar-refractivity contribution in [1.29, 1.82) is 0 Å². The average molecular weight is 276 g/mol. The summed E-state index contributed by atoms with van der Waals surface area (Å²) in [4.78, 5) is 2.53. The lowest BCUT2D eigenvalue weighted by Gasteiger charge is -2.31. The molecule has 0 heterocycles. The van der Waals surface area contributed by atoms with Crippen LogP contribution < -0.4 is 10.6 Å². The van der Waals surface area contributed by atoms with Crippen LogP contribution in [0.2, 0.25) is 0 Å². The molecule has 1 aromatic carbocycles. The number of aryl methyl sites for hydroxylation is 1. The van der Waals surface area contributed by atoms with Crippen LogP contribution in [0.15, 0.2) is 18.2 Å². The number of hydrogen-bond acceptors (Lipinski definition) is 2. The van der Waals surface area contributed by atoms with Crippen LogP contribution >= 0.6 is 0 Å². The van der Waals surface area contributed by atoms with Gasteiger partial charge < -0.3 is 10.6 Å². The van der Waals surface area contributed by atoms with Gasteiger partial charge in [0.05, 0.1) is 0 Å². The average Bonchev–Trinajstić information content (AvgIpc) is 2.35. The Bertz CT molecular complexity index is 396. The summed E-state index contributed by atoms with van der Waals surface area (Å²) in [7, 11) is 0. The third kappa shape index (κ3) is 5.16. The Morgan fingerprint density at radius 3 is 2.35 bits per heavy atom. The summed E-state index contributed by atoms with van der Waals surface area (Å²) < 4.78 is 0. The van der Waals surface area contributed by atoms with E-state index in [2.05, 4.69) is 57.7 Å². The second-order valence-electron chi connectivity index (χ2n) is 6.30. The normalized spacial score (nSPS) is 12.8. The van der Waals surface area contributed by atoms with Crippen molar-refractivity contribution < 1.29 is 0 Å². The zero-order chi connectivity index (χ0) is 15.1. The molecule has 1 aromatic rings. The molecule has 0 saturated carbocycles. The number of benzene rings is 1. The molecule has 0 fully saturated rings. The van der Waals surface area contributed by atoms with E-state index in [-0.39, 0.29) is 6.04 Å². The minimum Gasteiger partial charge on any atom is -0.369 e. The van der Waals surface area contributed by atoms with Crippen LogP contribution in [0.3, 0.4) is 0 Å². The Balaban J connectivity index is 2.85. The third-order valence-corrected chi connectivity index (χ3v) is 3.75. The number of anilines is 1. The van der Waals surface area contributed by atoms with Crippen molar-refractivity contribution >= 4 is 5.69 Å². The number of nitrogens with two attached hydrogens (primary N) is 1. The van der Waals surface area contributed by atoms with Gasteiger partial charge in [-0.15, -0.1) is 0 Å². The Morgan fingerprint density at radius 2 is 1.85 bits per heavy atom. The van der Waals surface area contributed by atoms with Crippen LogP contribution in [0.4, 0.5) is 5.69 Å². The third-order valence-electron chi connectivity index (χ3n) is 3.75. The van der Waals surface area contributed by atoms with Crippen molar-refractivity contribution in [3.8, 4) is 0 Å². The van der Waals surface area contributed by atoms with Crippen molar-refractivity contribution in [3.05, 3.63) is 29.3 Å². The SMILES string of the molecule is CCCCCN(c1ccc(CC(C)N)cc1C)C(C)C. The van der Waals surface area contributed by atoms with Crippen LogP contribution in [0.1, 0.15) is 58.1 Å². The second kappa shape index (κ2) is 8.31. The highest BCUT2D eigenvalue weighted by atomic mass is 15.1. The molecule has 0 aliphatic heterocycles. The number of nitrogens with zero attached hydrogens (tertiary/aromatic N) is 1. The monoisotopic (exact) mass is 276 g/mol. The molecule has 0 aliphatic carbocycles. The van der Waals surface area contributed by atoms with E-state index in [1.54, 1.807) is 0 Å². The van der Waals surface area contributed by atoms with Gasteiger partial charge in [0.1, 0.15) is 0 Å². The topological polar surface area (TPSA) is 29.3 Å². The Labute approximate surface area is 125 Å².